The number of unbranched alkanes of at least 4 members (excludes halogenated alkanes) is 2. The van der Waals surface area contributed by atoms with Crippen LogP contribution in [-0.2, 0) is 9.59 Å². The Morgan fingerprint density at radius 1 is 1.32 bits per heavy atom. The predicted octanol–water partition coefficient (Wildman–Crippen LogP) is 1.87. The maximum Gasteiger partial charge on any atom is 0.323 e. The van der Waals surface area contributed by atoms with E-state index in [4.69, 9.17) is 5.11 Å². The van der Waals surface area contributed by atoms with E-state index in [1.54, 1.807) is 25.8 Å². The fourth-order valence-electron chi connectivity index (χ4n) is 1.67. The van der Waals surface area contributed by atoms with Gasteiger partial charge in [0, 0.05) is 6.04 Å². The van der Waals surface area contributed by atoms with Gasteiger partial charge in [-0.2, -0.15) is 0 Å². The molecule has 0 heterocycles. The molecule has 0 aliphatic heterocycles. The molecule has 0 spiro atoms. The summed E-state index contributed by atoms with van der Waals surface area (Å²) in [5.41, 5.74) is -1.04. The fourth-order valence-corrected chi connectivity index (χ4v) is 1.67. The number of carboxylic acids is 1. The number of carbonyl (C=O) groups excluding carboxylic acids is 1. The van der Waals surface area contributed by atoms with Gasteiger partial charge in [0.25, 0.3) is 0 Å². The van der Waals surface area contributed by atoms with Gasteiger partial charge in [0.15, 0.2) is 0 Å². The van der Waals surface area contributed by atoms with Gasteiger partial charge in [-0.25, -0.2) is 0 Å². The molecule has 5 nitrogen and oxygen atoms in total. The molecule has 0 aliphatic carbocycles. The average Bonchev–Trinajstić information content (AvgIpc) is 2.28. The van der Waals surface area contributed by atoms with Crippen molar-refractivity contribution in [2.45, 2.75) is 65.0 Å². The van der Waals surface area contributed by atoms with E-state index in [1.165, 1.54) is 6.42 Å². The fraction of sp³-hybridized carbons (Fsp3) is 0.857. The van der Waals surface area contributed by atoms with Gasteiger partial charge in [-0.1, -0.05) is 26.2 Å². The van der Waals surface area contributed by atoms with E-state index in [9.17, 15) is 9.59 Å². The zero-order valence-corrected chi connectivity index (χ0v) is 12.8. The summed E-state index contributed by atoms with van der Waals surface area (Å²) in [4.78, 5) is 24.4. The molecule has 0 aromatic rings. The van der Waals surface area contributed by atoms with Crippen molar-refractivity contribution in [2.75, 3.05) is 13.6 Å². The number of hydrogen-bond acceptors (Lipinski definition) is 3. The van der Waals surface area contributed by atoms with E-state index in [-0.39, 0.29) is 18.5 Å². The topological polar surface area (TPSA) is 69.6 Å². The molecule has 0 bridgehead atoms. The standard InChI is InChI=1S/C14H28N2O3/c1-6-7-8-9-11(2)15-12(17)10-16(5)14(3,4)13(18)19/h11H,6-10H2,1-5H3,(H,15,17)(H,18,19). The second-order valence-corrected chi connectivity index (χ2v) is 5.68. The molecule has 19 heavy (non-hydrogen) atoms. The average molecular weight is 272 g/mol. The molecule has 0 saturated heterocycles. The van der Waals surface area contributed by atoms with Crippen molar-refractivity contribution in [1.82, 2.24) is 10.2 Å². The largest absolute Gasteiger partial charge is 0.480 e. The van der Waals surface area contributed by atoms with Crippen molar-refractivity contribution in [3.63, 3.8) is 0 Å². The van der Waals surface area contributed by atoms with Gasteiger partial charge >= 0.3 is 5.97 Å². The van der Waals surface area contributed by atoms with Crippen LogP contribution in [0.25, 0.3) is 0 Å². The quantitative estimate of drug-likeness (QED) is 0.629. The number of rotatable bonds is 9. The smallest absolute Gasteiger partial charge is 0.323 e. The molecule has 1 atom stereocenters. The van der Waals surface area contributed by atoms with Crippen molar-refractivity contribution in [3.8, 4) is 0 Å². The normalized spacial score (nSPS) is 13.4. The molecule has 2 N–H and O–H groups in total. The molecule has 112 valence electrons. The van der Waals surface area contributed by atoms with Gasteiger partial charge in [0.05, 0.1) is 6.54 Å². The zero-order valence-electron chi connectivity index (χ0n) is 12.8. The van der Waals surface area contributed by atoms with Gasteiger partial charge in [-0.3, -0.25) is 14.5 Å². The molecule has 0 aromatic heterocycles. The third kappa shape index (κ3) is 6.57. The van der Waals surface area contributed by atoms with Gasteiger partial charge in [0.2, 0.25) is 5.91 Å². The first kappa shape index (κ1) is 17.9. The maximum absolute atomic E-state index is 11.8. The van der Waals surface area contributed by atoms with E-state index in [0.717, 1.165) is 19.3 Å². The first-order valence-electron chi connectivity index (χ1n) is 6.95. The first-order valence-corrected chi connectivity index (χ1v) is 6.95. The number of carboxylic acid groups (broad SMARTS) is 1. The Morgan fingerprint density at radius 2 is 1.89 bits per heavy atom. The van der Waals surface area contributed by atoms with Crippen LogP contribution in [0.3, 0.4) is 0 Å². The van der Waals surface area contributed by atoms with E-state index in [2.05, 4.69) is 12.2 Å². The minimum Gasteiger partial charge on any atom is -0.480 e. The maximum atomic E-state index is 11.8. The minimum atomic E-state index is -1.04. The van der Waals surface area contributed by atoms with Gasteiger partial charge in [-0.15, -0.1) is 0 Å². The number of nitrogens with one attached hydrogen (secondary N) is 1. The minimum absolute atomic E-state index is 0.0947. The summed E-state index contributed by atoms with van der Waals surface area (Å²) >= 11 is 0. The van der Waals surface area contributed by atoms with Crippen molar-refractivity contribution < 1.29 is 14.7 Å². The summed E-state index contributed by atoms with van der Waals surface area (Å²) in [5.74, 6) is -1.06. The highest BCUT2D eigenvalue weighted by atomic mass is 16.4. The lowest BCUT2D eigenvalue weighted by Crippen LogP contribution is -2.52. The number of amides is 1. The van der Waals surface area contributed by atoms with Crippen LogP contribution in [0.5, 0.6) is 0 Å². The number of hydrogen-bond donors (Lipinski definition) is 2. The Balaban J connectivity index is 4.13. The lowest BCUT2D eigenvalue weighted by molar-refractivity contribution is -0.149. The molecule has 0 saturated carbocycles. The first-order chi connectivity index (χ1) is 8.71. The van der Waals surface area contributed by atoms with Crippen molar-refractivity contribution in [3.05, 3.63) is 0 Å². The number of carbonyl (C=O) groups is 2. The third-order valence-electron chi connectivity index (χ3n) is 3.51. The van der Waals surface area contributed by atoms with Crippen molar-refractivity contribution >= 4 is 11.9 Å². The summed E-state index contributed by atoms with van der Waals surface area (Å²) in [6.07, 6.45) is 4.41. The summed E-state index contributed by atoms with van der Waals surface area (Å²) in [5, 5.41) is 12.0. The molecule has 0 fully saturated rings. The molecule has 0 rings (SSSR count). The highest BCUT2D eigenvalue weighted by Crippen LogP contribution is 2.11. The van der Waals surface area contributed by atoms with Crippen LogP contribution >= 0.6 is 0 Å². The summed E-state index contributed by atoms with van der Waals surface area (Å²) in [6, 6.07) is 0.139. The molecular formula is C14H28N2O3. The van der Waals surface area contributed by atoms with Crippen LogP contribution in [0.1, 0.15) is 53.4 Å². The van der Waals surface area contributed by atoms with Crippen molar-refractivity contribution in [1.29, 1.82) is 0 Å². The molecule has 0 aliphatic rings. The van der Waals surface area contributed by atoms with E-state index in [0.29, 0.717) is 0 Å². The SMILES string of the molecule is CCCCCC(C)NC(=O)CN(C)C(C)(C)C(=O)O. The zero-order chi connectivity index (χ0) is 15.1. The highest BCUT2D eigenvalue weighted by molar-refractivity contribution is 5.81. The van der Waals surface area contributed by atoms with Crippen molar-refractivity contribution in [2.24, 2.45) is 0 Å². The molecule has 0 aromatic carbocycles. The summed E-state index contributed by atoms with van der Waals surface area (Å²) in [6.45, 7) is 7.40. The second-order valence-electron chi connectivity index (χ2n) is 5.68. The Morgan fingerprint density at radius 3 is 2.37 bits per heavy atom. The van der Waals surface area contributed by atoms with E-state index in [1.807, 2.05) is 6.92 Å². The van der Waals surface area contributed by atoms with Gasteiger partial charge in [-0.05, 0) is 34.2 Å². The monoisotopic (exact) mass is 272 g/mol. The number of nitrogens with zero attached hydrogens (tertiary/aromatic N) is 1. The van der Waals surface area contributed by atoms with Crippen LogP contribution in [0.15, 0.2) is 0 Å². The Kier molecular flexibility index (Phi) is 7.68. The van der Waals surface area contributed by atoms with Gasteiger partial charge in [0.1, 0.15) is 5.54 Å². The number of aliphatic carboxylic acids is 1. The van der Waals surface area contributed by atoms with Crippen LogP contribution < -0.4 is 5.32 Å². The summed E-state index contributed by atoms with van der Waals surface area (Å²) < 4.78 is 0. The Bertz CT molecular complexity index is 303. The summed E-state index contributed by atoms with van der Waals surface area (Å²) in [7, 11) is 1.65. The molecule has 0 radical (unpaired) electrons. The Labute approximate surface area is 116 Å². The molecule has 5 heteroatoms. The highest BCUT2D eigenvalue weighted by Gasteiger charge is 2.33. The molecule has 1 unspecified atom stereocenters. The number of likely N-dealkylation sites (N-methyl/N-ethyl adjacent to an activating group) is 1. The molecular weight excluding hydrogens is 244 g/mol. The van der Waals surface area contributed by atoms with Crippen LogP contribution in [0, 0.1) is 0 Å². The Hall–Kier alpha value is -1.10. The second kappa shape index (κ2) is 8.15. The lowest BCUT2D eigenvalue weighted by atomic mass is 10.0. The van der Waals surface area contributed by atoms with E-state index < -0.39 is 11.5 Å². The van der Waals surface area contributed by atoms with Crippen LogP contribution in [0.4, 0.5) is 0 Å². The third-order valence-corrected chi connectivity index (χ3v) is 3.51. The van der Waals surface area contributed by atoms with Gasteiger partial charge < -0.3 is 10.4 Å². The van der Waals surface area contributed by atoms with Crippen LogP contribution in [-0.4, -0.2) is 47.1 Å². The van der Waals surface area contributed by atoms with Crippen LogP contribution in [0.2, 0.25) is 0 Å². The predicted molar refractivity (Wildman–Crippen MR) is 76.1 cm³/mol. The molecule has 1 amide bonds. The lowest BCUT2D eigenvalue weighted by Gasteiger charge is -2.31. The van der Waals surface area contributed by atoms with E-state index >= 15 is 0 Å².